The molecule has 2 aromatic rings. The van der Waals surface area contributed by atoms with E-state index in [1.165, 1.54) is 0 Å². The minimum Gasteiger partial charge on any atom is -0.489 e. The summed E-state index contributed by atoms with van der Waals surface area (Å²) in [5.74, 6) is 0.760. The van der Waals surface area contributed by atoms with Gasteiger partial charge in [-0.2, -0.15) is 0 Å². The van der Waals surface area contributed by atoms with Crippen molar-refractivity contribution in [2.75, 3.05) is 6.54 Å². The molecular formula is C16H18Cl2N2O. The quantitative estimate of drug-likeness (QED) is 0.856. The third-order valence-electron chi connectivity index (χ3n) is 3.17. The molecule has 0 fully saturated rings. The molecule has 0 amide bonds. The second-order valence-electron chi connectivity index (χ2n) is 4.83. The summed E-state index contributed by atoms with van der Waals surface area (Å²) in [6.45, 7) is 0.809. The number of ether oxygens (including phenoxy) is 1. The predicted molar refractivity (Wildman–Crippen MR) is 88.0 cm³/mol. The number of benzene rings is 2. The Balaban J connectivity index is 1.98. The molecule has 2 aromatic carbocycles. The fourth-order valence-corrected chi connectivity index (χ4v) is 2.44. The molecule has 0 aliphatic carbocycles. The molecule has 0 saturated heterocycles. The predicted octanol–water partition coefficient (Wildman–Crippen LogP) is 3.40. The van der Waals surface area contributed by atoms with Gasteiger partial charge in [-0.25, -0.2) is 0 Å². The molecule has 0 aliphatic rings. The first-order chi connectivity index (χ1) is 10.1. The molecule has 3 nitrogen and oxygen atoms in total. The monoisotopic (exact) mass is 324 g/mol. The van der Waals surface area contributed by atoms with E-state index in [0.29, 0.717) is 23.2 Å². The van der Waals surface area contributed by atoms with Crippen molar-refractivity contribution >= 4 is 23.2 Å². The Morgan fingerprint density at radius 1 is 1.00 bits per heavy atom. The van der Waals surface area contributed by atoms with Crippen LogP contribution in [0.2, 0.25) is 10.0 Å². The van der Waals surface area contributed by atoms with Crippen LogP contribution >= 0.6 is 23.2 Å². The average Bonchev–Trinajstić information content (AvgIpc) is 2.48. The largest absolute Gasteiger partial charge is 0.489 e. The van der Waals surface area contributed by atoms with E-state index in [4.69, 9.17) is 39.4 Å². The molecule has 0 saturated carbocycles. The van der Waals surface area contributed by atoms with Crippen molar-refractivity contribution in [3.05, 3.63) is 63.6 Å². The summed E-state index contributed by atoms with van der Waals surface area (Å²) in [6.07, 6.45) is 0.757. The molecule has 0 heterocycles. The number of nitrogens with two attached hydrogens (primary N) is 2. The highest BCUT2D eigenvalue weighted by Crippen LogP contribution is 2.26. The van der Waals surface area contributed by atoms with E-state index in [1.807, 2.05) is 30.3 Å². The van der Waals surface area contributed by atoms with Crippen LogP contribution in [0.4, 0.5) is 0 Å². The van der Waals surface area contributed by atoms with Crippen molar-refractivity contribution in [2.45, 2.75) is 19.1 Å². The van der Waals surface area contributed by atoms with Gasteiger partial charge in [0, 0.05) is 28.2 Å². The lowest BCUT2D eigenvalue weighted by Crippen LogP contribution is -2.31. The van der Waals surface area contributed by atoms with Gasteiger partial charge in [-0.05, 0) is 36.2 Å². The number of halogens is 2. The van der Waals surface area contributed by atoms with Crippen molar-refractivity contribution < 1.29 is 4.74 Å². The molecule has 0 radical (unpaired) electrons. The number of rotatable bonds is 6. The van der Waals surface area contributed by atoms with E-state index < -0.39 is 0 Å². The zero-order valence-electron chi connectivity index (χ0n) is 11.6. The lowest BCUT2D eigenvalue weighted by atomic mass is 10.1. The van der Waals surface area contributed by atoms with Crippen LogP contribution in [0.25, 0.3) is 0 Å². The molecule has 5 heteroatoms. The Labute approximate surface area is 134 Å². The Hall–Kier alpha value is -1.26. The van der Waals surface area contributed by atoms with Gasteiger partial charge in [0.15, 0.2) is 0 Å². The van der Waals surface area contributed by atoms with Crippen molar-refractivity contribution in [1.29, 1.82) is 0 Å². The lowest BCUT2D eigenvalue weighted by Gasteiger charge is -2.11. The lowest BCUT2D eigenvalue weighted by molar-refractivity contribution is 0.306. The van der Waals surface area contributed by atoms with Crippen molar-refractivity contribution in [2.24, 2.45) is 11.5 Å². The molecule has 2 rings (SSSR count). The van der Waals surface area contributed by atoms with Gasteiger partial charge in [-0.1, -0.05) is 41.4 Å². The van der Waals surface area contributed by atoms with E-state index in [-0.39, 0.29) is 6.04 Å². The van der Waals surface area contributed by atoms with Crippen molar-refractivity contribution in [3.63, 3.8) is 0 Å². The highest BCUT2D eigenvalue weighted by Gasteiger charge is 2.07. The van der Waals surface area contributed by atoms with Crippen LogP contribution in [0.5, 0.6) is 5.75 Å². The van der Waals surface area contributed by atoms with E-state index >= 15 is 0 Å². The molecule has 0 unspecified atom stereocenters. The van der Waals surface area contributed by atoms with E-state index in [2.05, 4.69) is 0 Å². The summed E-state index contributed by atoms with van der Waals surface area (Å²) in [6, 6.07) is 13.2. The summed E-state index contributed by atoms with van der Waals surface area (Å²) in [5, 5.41) is 1.21. The van der Waals surface area contributed by atoms with Gasteiger partial charge in [0.25, 0.3) is 0 Å². The minimum absolute atomic E-state index is 0.0151. The molecule has 0 bridgehead atoms. The van der Waals surface area contributed by atoms with Crippen LogP contribution in [0.15, 0.2) is 42.5 Å². The zero-order chi connectivity index (χ0) is 15.2. The zero-order valence-corrected chi connectivity index (χ0v) is 13.1. The Morgan fingerprint density at radius 3 is 2.19 bits per heavy atom. The Kier molecular flexibility index (Phi) is 5.88. The van der Waals surface area contributed by atoms with E-state index in [0.717, 1.165) is 23.3 Å². The van der Waals surface area contributed by atoms with Crippen LogP contribution in [0.1, 0.15) is 11.1 Å². The fourth-order valence-electron chi connectivity index (χ4n) is 1.93. The maximum absolute atomic E-state index is 6.10. The molecule has 0 aromatic heterocycles. The molecule has 1 atom stereocenters. The van der Waals surface area contributed by atoms with Crippen LogP contribution in [-0.2, 0) is 13.0 Å². The third-order valence-corrected chi connectivity index (χ3v) is 3.88. The molecule has 112 valence electrons. The highest BCUT2D eigenvalue weighted by atomic mass is 35.5. The van der Waals surface area contributed by atoms with Gasteiger partial charge in [-0.3, -0.25) is 0 Å². The first kappa shape index (κ1) is 16.1. The van der Waals surface area contributed by atoms with Gasteiger partial charge in [0.05, 0.1) is 0 Å². The standard InChI is InChI=1S/C16H18Cl2N2O/c17-15-2-1-3-16(18)14(15)10-21-13-6-4-11(5-7-13)8-12(20)9-19/h1-7,12H,8-10,19-20H2/t12-/m0/s1. The Bertz CT molecular complexity index is 567. The maximum atomic E-state index is 6.10. The molecular weight excluding hydrogens is 307 g/mol. The summed E-state index contributed by atoms with van der Waals surface area (Å²) >= 11 is 12.2. The normalized spacial score (nSPS) is 12.2. The summed E-state index contributed by atoms with van der Waals surface area (Å²) < 4.78 is 5.72. The summed E-state index contributed by atoms with van der Waals surface area (Å²) in [5.41, 5.74) is 13.3. The smallest absolute Gasteiger partial charge is 0.119 e. The average molecular weight is 325 g/mol. The summed E-state index contributed by atoms with van der Waals surface area (Å²) in [7, 11) is 0. The van der Waals surface area contributed by atoms with Crippen LogP contribution in [0.3, 0.4) is 0 Å². The first-order valence-corrected chi connectivity index (χ1v) is 7.46. The van der Waals surface area contributed by atoms with Crippen molar-refractivity contribution in [1.82, 2.24) is 0 Å². The van der Waals surface area contributed by atoms with E-state index in [1.54, 1.807) is 12.1 Å². The van der Waals surface area contributed by atoms with E-state index in [9.17, 15) is 0 Å². The van der Waals surface area contributed by atoms with Crippen LogP contribution in [-0.4, -0.2) is 12.6 Å². The van der Waals surface area contributed by atoms with Gasteiger partial charge in [0.1, 0.15) is 12.4 Å². The van der Waals surface area contributed by atoms with Crippen LogP contribution < -0.4 is 16.2 Å². The molecule has 0 spiro atoms. The molecule has 0 aliphatic heterocycles. The second-order valence-corrected chi connectivity index (χ2v) is 5.65. The van der Waals surface area contributed by atoms with Gasteiger partial charge in [0.2, 0.25) is 0 Å². The van der Waals surface area contributed by atoms with Gasteiger partial charge < -0.3 is 16.2 Å². The first-order valence-electron chi connectivity index (χ1n) is 6.70. The van der Waals surface area contributed by atoms with Gasteiger partial charge >= 0.3 is 0 Å². The number of hydrogen-bond acceptors (Lipinski definition) is 3. The SMILES string of the molecule is NC[C@@H](N)Cc1ccc(OCc2c(Cl)cccc2Cl)cc1. The molecule has 4 N–H and O–H groups in total. The second kappa shape index (κ2) is 7.66. The minimum atomic E-state index is -0.0151. The topological polar surface area (TPSA) is 61.3 Å². The fraction of sp³-hybridized carbons (Fsp3) is 0.250. The third kappa shape index (κ3) is 4.61. The number of hydrogen-bond donors (Lipinski definition) is 2. The van der Waals surface area contributed by atoms with Crippen LogP contribution in [0, 0.1) is 0 Å². The Morgan fingerprint density at radius 2 is 1.62 bits per heavy atom. The van der Waals surface area contributed by atoms with Gasteiger partial charge in [-0.15, -0.1) is 0 Å². The summed E-state index contributed by atoms with van der Waals surface area (Å²) in [4.78, 5) is 0. The molecule has 21 heavy (non-hydrogen) atoms. The maximum Gasteiger partial charge on any atom is 0.119 e. The van der Waals surface area contributed by atoms with Crippen molar-refractivity contribution in [3.8, 4) is 5.75 Å². The highest BCUT2D eigenvalue weighted by molar-refractivity contribution is 6.35.